The smallest absolute Gasteiger partial charge is 0.322 e. The Hall–Kier alpha value is -1.36. The van der Waals surface area contributed by atoms with Gasteiger partial charge in [-0.25, -0.2) is 0 Å². The lowest BCUT2D eigenvalue weighted by atomic mass is 10.1. The van der Waals surface area contributed by atoms with Crippen LogP contribution in [0, 0.1) is 0 Å². The van der Waals surface area contributed by atoms with Crippen LogP contribution >= 0.6 is 0 Å². The summed E-state index contributed by atoms with van der Waals surface area (Å²) in [7, 11) is 1.40. The Morgan fingerprint density at radius 1 is 1.73 bits per heavy atom. The van der Waals surface area contributed by atoms with Crippen LogP contribution in [-0.2, 0) is 9.53 Å². The first-order valence-corrected chi connectivity index (χ1v) is 5.01. The number of carbonyl (C=O) groups excluding carboxylic acids is 1. The van der Waals surface area contributed by atoms with Crippen molar-refractivity contribution in [1.82, 2.24) is 15.5 Å². The van der Waals surface area contributed by atoms with Crippen molar-refractivity contribution >= 4 is 5.97 Å². The Balaban J connectivity index is 2.56. The molecule has 5 heteroatoms. The lowest BCUT2D eigenvalue weighted by molar-refractivity contribution is -0.143. The Kier molecular flexibility index (Phi) is 4.30. The maximum Gasteiger partial charge on any atom is 0.322 e. The van der Waals surface area contributed by atoms with Crippen molar-refractivity contribution in [3.05, 3.63) is 18.0 Å². The molecular weight excluding hydrogens is 194 g/mol. The molecule has 0 fully saturated rings. The van der Waals surface area contributed by atoms with E-state index in [9.17, 15) is 4.79 Å². The van der Waals surface area contributed by atoms with E-state index in [0.29, 0.717) is 6.42 Å². The number of H-pyrrole nitrogens is 1. The van der Waals surface area contributed by atoms with E-state index >= 15 is 0 Å². The van der Waals surface area contributed by atoms with E-state index in [0.717, 1.165) is 5.56 Å². The predicted octanol–water partition coefficient (Wildman–Crippen LogP) is 1.01. The minimum absolute atomic E-state index is 0.0767. The van der Waals surface area contributed by atoms with E-state index in [2.05, 4.69) is 15.5 Å². The monoisotopic (exact) mass is 211 g/mol. The van der Waals surface area contributed by atoms with Gasteiger partial charge in [0, 0.05) is 17.8 Å². The second-order valence-electron chi connectivity index (χ2n) is 3.40. The molecule has 2 N–H and O–H groups in total. The number of aromatic nitrogens is 2. The minimum atomic E-state index is -0.264. The van der Waals surface area contributed by atoms with E-state index in [1.807, 2.05) is 20.0 Å². The standard InChI is InChI=1S/C10H17N3O2/c1-4-9(10(14)15-3)13-7(2)8-5-11-12-6-8/h5-7,9,13H,4H2,1-3H3,(H,11,12). The number of carbonyl (C=O) groups is 1. The van der Waals surface area contributed by atoms with E-state index in [1.54, 1.807) is 6.20 Å². The summed E-state index contributed by atoms with van der Waals surface area (Å²) in [5.74, 6) is -0.229. The molecule has 0 amide bonds. The summed E-state index contributed by atoms with van der Waals surface area (Å²) in [5.41, 5.74) is 1.03. The number of nitrogens with zero attached hydrogens (tertiary/aromatic N) is 1. The number of rotatable bonds is 5. The third-order valence-corrected chi connectivity index (χ3v) is 2.36. The van der Waals surface area contributed by atoms with E-state index < -0.39 is 0 Å². The Morgan fingerprint density at radius 3 is 2.93 bits per heavy atom. The second-order valence-corrected chi connectivity index (χ2v) is 3.40. The highest BCUT2D eigenvalue weighted by atomic mass is 16.5. The molecule has 0 aromatic carbocycles. The van der Waals surface area contributed by atoms with Crippen molar-refractivity contribution in [3.8, 4) is 0 Å². The van der Waals surface area contributed by atoms with Crippen LogP contribution in [-0.4, -0.2) is 29.3 Å². The van der Waals surface area contributed by atoms with Gasteiger partial charge < -0.3 is 4.74 Å². The molecule has 84 valence electrons. The normalized spacial score (nSPS) is 14.6. The van der Waals surface area contributed by atoms with E-state index in [1.165, 1.54) is 7.11 Å². The van der Waals surface area contributed by atoms with Crippen LogP contribution in [0.4, 0.5) is 0 Å². The number of methoxy groups -OCH3 is 1. The molecule has 0 bridgehead atoms. The first kappa shape index (κ1) is 11.7. The van der Waals surface area contributed by atoms with Crippen LogP contribution in [0.3, 0.4) is 0 Å². The zero-order valence-electron chi connectivity index (χ0n) is 9.28. The number of esters is 1. The zero-order chi connectivity index (χ0) is 11.3. The largest absolute Gasteiger partial charge is 0.468 e. The average Bonchev–Trinajstić information content (AvgIpc) is 2.77. The van der Waals surface area contributed by atoms with Gasteiger partial charge in [0.1, 0.15) is 6.04 Å². The molecule has 2 atom stereocenters. The molecule has 15 heavy (non-hydrogen) atoms. The molecule has 0 aliphatic heterocycles. The first-order chi connectivity index (χ1) is 7.19. The highest BCUT2D eigenvalue weighted by Crippen LogP contribution is 2.11. The maximum absolute atomic E-state index is 11.3. The van der Waals surface area contributed by atoms with Crippen LogP contribution in [0.1, 0.15) is 31.9 Å². The van der Waals surface area contributed by atoms with Crippen molar-refractivity contribution in [2.24, 2.45) is 0 Å². The van der Waals surface area contributed by atoms with Gasteiger partial charge in [0.25, 0.3) is 0 Å². The van der Waals surface area contributed by atoms with Gasteiger partial charge >= 0.3 is 5.97 Å². The highest BCUT2D eigenvalue weighted by Gasteiger charge is 2.19. The first-order valence-electron chi connectivity index (χ1n) is 5.01. The third-order valence-electron chi connectivity index (χ3n) is 2.36. The number of hydrogen-bond donors (Lipinski definition) is 2. The number of nitrogens with one attached hydrogen (secondary N) is 2. The van der Waals surface area contributed by atoms with Crippen molar-refractivity contribution in [2.45, 2.75) is 32.4 Å². The fourth-order valence-electron chi connectivity index (χ4n) is 1.39. The molecule has 0 saturated carbocycles. The summed E-state index contributed by atoms with van der Waals surface area (Å²) < 4.78 is 4.70. The zero-order valence-corrected chi connectivity index (χ0v) is 9.28. The van der Waals surface area contributed by atoms with Gasteiger partial charge in [-0.15, -0.1) is 0 Å². The highest BCUT2D eigenvalue weighted by molar-refractivity contribution is 5.75. The third kappa shape index (κ3) is 3.06. The molecule has 0 saturated heterocycles. The molecule has 1 rings (SSSR count). The molecule has 1 aromatic rings. The van der Waals surface area contributed by atoms with Gasteiger partial charge in [-0.3, -0.25) is 15.2 Å². The number of hydrogen-bond acceptors (Lipinski definition) is 4. The maximum atomic E-state index is 11.3. The summed E-state index contributed by atoms with van der Waals surface area (Å²) in [6, 6.07) is -0.187. The van der Waals surface area contributed by atoms with Crippen molar-refractivity contribution in [2.75, 3.05) is 7.11 Å². The van der Waals surface area contributed by atoms with Crippen molar-refractivity contribution in [3.63, 3.8) is 0 Å². The molecule has 0 aliphatic rings. The van der Waals surface area contributed by atoms with Crippen molar-refractivity contribution < 1.29 is 9.53 Å². The molecule has 1 aromatic heterocycles. The average molecular weight is 211 g/mol. The van der Waals surface area contributed by atoms with Crippen molar-refractivity contribution in [1.29, 1.82) is 0 Å². The Morgan fingerprint density at radius 2 is 2.47 bits per heavy atom. The quantitative estimate of drug-likeness (QED) is 0.713. The van der Waals surface area contributed by atoms with E-state index in [-0.39, 0.29) is 18.1 Å². The van der Waals surface area contributed by atoms with Gasteiger partial charge in [-0.1, -0.05) is 6.92 Å². The van der Waals surface area contributed by atoms with Gasteiger partial charge in [0.2, 0.25) is 0 Å². The lowest BCUT2D eigenvalue weighted by Gasteiger charge is -2.19. The van der Waals surface area contributed by atoms with Crippen LogP contribution in [0.5, 0.6) is 0 Å². The summed E-state index contributed by atoms with van der Waals surface area (Å²) in [6.45, 7) is 3.92. The second kappa shape index (κ2) is 5.50. The summed E-state index contributed by atoms with van der Waals surface area (Å²) in [4.78, 5) is 11.3. The topological polar surface area (TPSA) is 67.0 Å². The molecule has 2 unspecified atom stereocenters. The predicted molar refractivity (Wildman–Crippen MR) is 56.2 cm³/mol. The summed E-state index contributed by atoms with van der Waals surface area (Å²) >= 11 is 0. The van der Waals surface area contributed by atoms with Crippen LogP contribution in [0.25, 0.3) is 0 Å². The van der Waals surface area contributed by atoms with Crippen LogP contribution in [0.15, 0.2) is 12.4 Å². The number of ether oxygens (including phenoxy) is 1. The minimum Gasteiger partial charge on any atom is -0.468 e. The summed E-state index contributed by atoms with van der Waals surface area (Å²) in [6.07, 6.45) is 4.25. The van der Waals surface area contributed by atoms with Gasteiger partial charge in [-0.05, 0) is 13.3 Å². The summed E-state index contributed by atoms with van der Waals surface area (Å²) in [5, 5.41) is 9.78. The SMILES string of the molecule is CCC(NC(C)c1cn[nH]c1)C(=O)OC. The molecule has 0 spiro atoms. The molecule has 5 nitrogen and oxygen atoms in total. The fraction of sp³-hybridized carbons (Fsp3) is 0.600. The fourth-order valence-corrected chi connectivity index (χ4v) is 1.39. The van der Waals surface area contributed by atoms with Crippen LogP contribution in [0.2, 0.25) is 0 Å². The lowest BCUT2D eigenvalue weighted by Crippen LogP contribution is -2.38. The van der Waals surface area contributed by atoms with Gasteiger partial charge in [0.15, 0.2) is 0 Å². The van der Waals surface area contributed by atoms with Gasteiger partial charge in [0.05, 0.1) is 13.3 Å². The molecular formula is C10H17N3O2. The number of aromatic amines is 1. The van der Waals surface area contributed by atoms with Gasteiger partial charge in [-0.2, -0.15) is 5.10 Å². The molecule has 0 radical (unpaired) electrons. The van der Waals surface area contributed by atoms with E-state index in [4.69, 9.17) is 4.74 Å². The molecule has 1 heterocycles. The Bertz CT molecular complexity index is 298. The Labute approximate surface area is 89.2 Å². The van der Waals surface area contributed by atoms with Crippen LogP contribution < -0.4 is 5.32 Å². The molecule has 0 aliphatic carbocycles.